The van der Waals surface area contributed by atoms with Gasteiger partial charge in [-0.25, -0.2) is 0 Å². The molecule has 23 heavy (non-hydrogen) atoms. The number of aromatic nitrogens is 2. The quantitative estimate of drug-likeness (QED) is 0.893. The lowest BCUT2D eigenvalue weighted by Crippen LogP contribution is -2.29. The van der Waals surface area contributed by atoms with Gasteiger partial charge in [0.15, 0.2) is 5.82 Å². The summed E-state index contributed by atoms with van der Waals surface area (Å²) in [7, 11) is 0. The van der Waals surface area contributed by atoms with Gasteiger partial charge in [0.05, 0.1) is 12.1 Å². The molecule has 2 aliphatic rings. The zero-order valence-electron chi connectivity index (χ0n) is 13.5. The van der Waals surface area contributed by atoms with Gasteiger partial charge in [-0.3, -0.25) is 14.3 Å². The van der Waals surface area contributed by atoms with Crippen LogP contribution in [0.4, 0.5) is 5.82 Å². The molecule has 2 saturated heterocycles. The SMILES string of the molecule is CC(=O)Nc1ccn(C2CCN(C(=O)CCC3CCCO3)C2)n1. The molecule has 3 heterocycles. The van der Waals surface area contributed by atoms with E-state index < -0.39 is 0 Å². The predicted octanol–water partition coefficient (Wildman–Crippen LogP) is 1.57. The number of hydrogen-bond acceptors (Lipinski definition) is 4. The van der Waals surface area contributed by atoms with Crippen LogP contribution in [0.5, 0.6) is 0 Å². The maximum atomic E-state index is 12.3. The van der Waals surface area contributed by atoms with Crippen molar-refractivity contribution in [2.75, 3.05) is 25.0 Å². The topological polar surface area (TPSA) is 76.5 Å². The number of nitrogens with one attached hydrogen (secondary N) is 1. The molecule has 0 spiro atoms. The van der Waals surface area contributed by atoms with Crippen LogP contribution in [0.15, 0.2) is 12.3 Å². The smallest absolute Gasteiger partial charge is 0.222 e. The molecule has 0 aliphatic carbocycles. The Labute approximate surface area is 136 Å². The average Bonchev–Trinajstić information content (AvgIpc) is 3.24. The highest BCUT2D eigenvalue weighted by atomic mass is 16.5. The van der Waals surface area contributed by atoms with Crippen LogP contribution in [0, 0.1) is 0 Å². The van der Waals surface area contributed by atoms with E-state index in [1.54, 1.807) is 6.07 Å². The molecule has 2 unspecified atom stereocenters. The molecule has 1 aromatic heterocycles. The molecule has 0 saturated carbocycles. The number of amides is 2. The summed E-state index contributed by atoms with van der Waals surface area (Å²) in [6, 6.07) is 1.97. The first-order valence-electron chi connectivity index (χ1n) is 8.34. The summed E-state index contributed by atoms with van der Waals surface area (Å²) in [6.45, 7) is 3.75. The molecule has 2 aliphatic heterocycles. The zero-order valence-corrected chi connectivity index (χ0v) is 13.5. The Morgan fingerprint density at radius 1 is 1.43 bits per heavy atom. The minimum absolute atomic E-state index is 0.132. The van der Waals surface area contributed by atoms with Crippen molar-refractivity contribution in [3.05, 3.63) is 12.3 Å². The number of carbonyl (C=O) groups excluding carboxylic acids is 2. The van der Waals surface area contributed by atoms with Crippen molar-refractivity contribution >= 4 is 17.6 Å². The van der Waals surface area contributed by atoms with Crippen LogP contribution in [-0.2, 0) is 14.3 Å². The lowest BCUT2D eigenvalue weighted by molar-refractivity contribution is -0.130. The maximum absolute atomic E-state index is 12.3. The Balaban J connectivity index is 1.48. The normalized spacial score (nSPS) is 24.1. The summed E-state index contributed by atoms with van der Waals surface area (Å²) in [5.74, 6) is 0.630. The summed E-state index contributed by atoms with van der Waals surface area (Å²) >= 11 is 0. The molecule has 2 atom stereocenters. The first-order chi connectivity index (χ1) is 11.1. The van der Waals surface area contributed by atoms with E-state index in [1.807, 2.05) is 15.8 Å². The Bertz CT molecular complexity index is 565. The van der Waals surface area contributed by atoms with Crippen LogP contribution in [0.2, 0.25) is 0 Å². The molecule has 0 aromatic carbocycles. The summed E-state index contributed by atoms with van der Waals surface area (Å²) in [4.78, 5) is 25.3. The van der Waals surface area contributed by atoms with Crippen molar-refractivity contribution in [2.45, 2.75) is 51.2 Å². The second-order valence-electron chi connectivity index (χ2n) is 6.32. The van der Waals surface area contributed by atoms with E-state index in [0.717, 1.165) is 38.8 Å². The van der Waals surface area contributed by atoms with E-state index in [4.69, 9.17) is 4.74 Å². The van der Waals surface area contributed by atoms with E-state index in [0.29, 0.717) is 18.8 Å². The van der Waals surface area contributed by atoms with Crippen molar-refractivity contribution in [3.8, 4) is 0 Å². The molecule has 126 valence electrons. The molecular weight excluding hydrogens is 296 g/mol. The number of anilines is 1. The van der Waals surface area contributed by atoms with Crippen LogP contribution in [0.25, 0.3) is 0 Å². The largest absolute Gasteiger partial charge is 0.378 e. The Morgan fingerprint density at radius 2 is 2.30 bits per heavy atom. The van der Waals surface area contributed by atoms with Crippen molar-refractivity contribution in [1.29, 1.82) is 0 Å². The van der Waals surface area contributed by atoms with Crippen LogP contribution < -0.4 is 5.32 Å². The van der Waals surface area contributed by atoms with Crippen molar-refractivity contribution in [1.82, 2.24) is 14.7 Å². The summed E-state index contributed by atoms with van der Waals surface area (Å²) in [5, 5.41) is 7.03. The predicted molar refractivity (Wildman–Crippen MR) is 85.0 cm³/mol. The van der Waals surface area contributed by atoms with Gasteiger partial charge in [0.2, 0.25) is 11.8 Å². The van der Waals surface area contributed by atoms with E-state index >= 15 is 0 Å². The summed E-state index contributed by atoms with van der Waals surface area (Å²) < 4.78 is 7.42. The fourth-order valence-corrected chi connectivity index (χ4v) is 3.29. The highest BCUT2D eigenvalue weighted by molar-refractivity contribution is 5.87. The lowest BCUT2D eigenvalue weighted by atomic mass is 10.1. The Hall–Kier alpha value is -1.89. The monoisotopic (exact) mass is 320 g/mol. The minimum Gasteiger partial charge on any atom is -0.378 e. The number of ether oxygens (including phenoxy) is 1. The number of rotatable bonds is 5. The Morgan fingerprint density at radius 3 is 3.04 bits per heavy atom. The number of hydrogen-bond donors (Lipinski definition) is 1. The van der Waals surface area contributed by atoms with Gasteiger partial charge in [0, 0.05) is 45.3 Å². The lowest BCUT2D eigenvalue weighted by Gasteiger charge is -2.18. The van der Waals surface area contributed by atoms with Gasteiger partial charge in [-0.15, -0.1) is 0 Å². The van der Waals surface area contributed by atoms with Crippen molar-refractivity contribution < 1.29 is 14.3 Å². The average molecular weight is 320 g/mol. The number of likely N-dealkylation sites (tertiary alicyclic amines) is 1. The van der Waals surface area contributed by atoms with E-state index in [2.05, 4.69) is 10.4 Å². The fraction of sp³-hybridized carbons (Fsp3) is 0.688. The molecule has 3 rings (SSSR count). The molecule has 7 nitrogen and oxygen atoms in total. The zero-order chi connectivity index (χ0) is 16.2. The third kappa shape index (κ3) is 4.10. The highest BCUT2D eigenvalue weighted by Gasteiger charge is 2.28. The second-order valence-corrected chi connectivity index (χ2v) is 6.32. The summed E-state index contributed by atoms with van der Waals surface area (Å²) in [6.07, 6.45) is 6.60. The third-order valence-corrected chi connectivity index (χ3v) is 4.51. The molecular formula is C16H24N4O3. The van der Waals surface area contributed by atoms with E-state index in [9.17, 15) is 9.59 Å². The summed E-state index contributed by atoms with van der Waals surface area (Å²) in [5.41, 5.74) is 0. The van der Waals surface area contributed by atoms with Crippen LogP contribution in [-0.4, -0.2) is 52.3 Å². The Kier molecular flexibility index (Phi) is 4.95. The molecule has 2 amide bonds. The molecule has 7 heteroatoms. The first-order valence-corrected chi connectivity index (χ1v) is 8.34. The van der Waals surface area contributed by atoms with Crippen LogP contribution in [0.1, 0.15) is 45.1 Å². The fourth-order valence-electron chi connectivity index (χ4n) is 3.29. The second kappa shape index (κ2) is 7.12. The highest BCUT2D eigenvalue weighted by Crippen LogP contribution is 2.24. The standard InChI is InChI=1S/C16H24N4O3/c1-12(21)17-15-7-9-20(18-15)13-6-8-19(11-13)16(22)5-4-14-3-2-10-23-14/h7,9,13-14H,2-6,8,10-11H2,1H3,(H,17,18,21). The van der Waals surface area contributed by atoms with Crippen LogP contribution in [0.3, 0.4) is 0 Å². The molecule has 0 bridgehead atoms. The first kappa shape index (κ1) is 16.0. The van der Waals surface area contributed by atoms with Gasteiger partial charge in [0.1, 0.15) is 0 Å². The molecule has 0 radical (unpaired) electrons. The van der Waals surface area contributed by atoms with Crippen LogP contribution >= 0.6 is 0 Å². The van der Waals surface area contributed by atoms with E-state index in [1.165, 1.54) is 6.92 Å². The number of carbonyl (C=O) groups is 2. The molecule has 2 fully saturated rings. The molecule has 1 aromatic rings. The molecule has 1 N–H and O–H groups in total. The van der Waals surface area contributed by atoms with Crippen molar-refractivity contribution in [3.63, 3.8) is 0 Å². The van der Waals surface area contributed by atoms with Gasteiger partial charge in [0.25, 0.3) is 0 Å². The maximum Gasteiger partial charge on any atom is 0.222 e. The van der Waals surface area contributed by atoms with Gasteiger partial charge < -0.3 is 15.0 Å². The third-order valence-electron chi connectivity index (χ3n) is 4.51. The van der Waals surface area contributed by atoms with Gasteiger partial charge in [-0.05, 0) is 25.7 Å². The van der Waals surface area contributed by atoms with Gasteiger partial charge in [-0.1, -0.05) is 0 Å². The van der Waals surface area contributed by atoms with Gasteiger partial charge in [-0.2, -0.15) is 5.10 Å². The van der Waals surface area contributed by atoms with Crippen molar-refractivity contribution in [2.24, 2.45) is 0 Å². The number of nitrogens with zero attached hydrogens (tertiary/aromatic N) is 3. The van der Waals surface area contributed by atoms with Gasteiger partial charge >= 0.3 is 0 Å². The minimum atomic E-state index is -0.132. The van der Waals surface area contributed by atoms with E-state index in [-0.39, 0.29) is 24.0 Å².